The first-order chi connectivity index (χ1) is 18.7. The van der Waals surface area contributed by atoms with Gasteiger partial charge in [0.05, 0.1) is 24.7 Å². The van der Waals surface area contributed by atoms with Crippen molar-refractivity contribution in [1.29, 1.82) is 0 Å². The van der Waals surface area contributed by atoms with Crippen LogP contribution in [0.15, 0.2) is 24.3 Å². The molecule has 3 saturated carbocycles. The zero-order valence-electron chi connectivity index (χ0n) is 22.9. The van der Waals surface area contributed by atoms with Crippen LogP contribution in [0.3, 0.4) is 0 Å². The van der Waals surface area contributed by atoms with Crippen LogP contribution in [-0.2, 0) is 26.0 Å². The molecule has 1 atom stereocenters. The van der Waals surface area contributed by atoms with Gasteiger partial charge in [-0.3, -0.25) is 4.31 Å². The summed E-state index contributed by atoms with van der Waals surface area (Å²) in [5.41, 5.74) is 5.94. The average molecular weight is 554 g/mol. The molecule has 0 bridgehead atoms. The monoisotopic (exact) mass is 553 g/mol. The van der Waals surface area contributed by atoms with E-state index in [1.807, 2.05) is 19.1 Å². The molecule has 1 heterocycles. The van der Waals surface area contributed by atoms with Gasteiger partial charge in [-0.25, -0.2) is 13.2 Å². The summed E-state index contributed by atoms with van der Waals surface area (Å²) in [4.78, 5) is 12.8. The fraction of sp³-hybridized carbons (Fsp3) is 0.581. The van der Waals surface area contributed by atoms with Gasteiger partial charge in [0, 0.05) is 11.6 Å². The van der Waals surface area contributed by atoms with E-state index >= 15 is 0 Å². The highest BCUT2D eigenvalue weighted by atomic mass is 32.2. The molecule has 4 aliphatic rings. The van der Waals surface area contributed by atoms with E-state index < -0.39 is 22.1 Å². The van der Waals surface area contributed by atoms with Gasteiger partial charge in [0.2, 0.25) is 10.0 Å². The third kappa shape index (κ3) is 5.42. The zero-order valence-corrected chi connectivity index (χ0v) is 23.8. The van der Waals surface area contributed by atoms with E-state index in [0.29, 0.717) is 23.4 Å². The number of carboxylic acids is 1. The number of hydrogen-bond donors (Lipinski definition) is 1. The highest BCUT2D eigenvalue weighted by Gasteiger charge is 2.40. The number of sulfonamides is 1. The van der Waals surface area contributed by atoms with E-state index in [9.17, 15) is 18.3 Å². The second kappa shape index (κ2) is 10.4. The number of aliphatic carboxylic acids is 1. The van der Waals surface area contributed by atoms with Crippen molar-refractivity contribution in [3.05, 3.63) is 46.5 Å². The molecule has 1 aliphatic heterocycles. The number of anilines is 1. The maximum absolute atomic E-state index is 13.4. The average Bonchev–Trinajstić information content (AvgIpc) is 3.83. The molecule has 0 saturated heterocycles. The molecule has 0 aromatic heterocycles. The van der Waals surface area contributed by atoms with Gasteiger partial charge in [-0.1, -0.05) is 25.3 Å². The Morgan fingerprint density at radius 2 is 1.79 bits per heavy atom. The molecule has 2 aromatic carbocycles. The van der Waals surface area contributed by atoms with Crippen molar-refractivity contribution in [2.24, 2.45) is 0 Å². The molecule has 0 amide bonds. The lowest BCUT2D eigenvalue weighted by molar-refractivity contribution is -0.151. The number of ether oxygens (including phenoxy) is 2. The van der Waals surface area contributed by atoms with Gasteiger partial charge >= 0.3 is 5.97 Å². The molecule has 2 aromatic rings. The summed E-state index contributed by atoms with van der Waals surface area (Å²) in [5, 5.41) is 10.5. The fourth-order valence-corrected chi connectivity index (χ4v) is 7.83. The second-order valence-electron chi connectivity index (χ2n) is 11.9. The lowest BCUT2D eigenvalue weighted by Gasteiger charge is -2.37. The van der Waals surface area contributed by atoms with Crippen molar-refractivity contribution < 1.29 is 27.8 Å². The third-order valence-electron chi connectivity index (χ3n) is 8.69. The molecule has 39 heavy (non-hydrogen) atoms. The molecule has 6 rings (SSSR count). The molecule has 0 spiro atoms. The molecule has 8 heteroatoms. The summed E-state index contributed by atoms with van der Waals surface area (Å²) in [6.07, 6.45) is 10.4. The molecule has 1 unspecified atom stereocenters. The summed E-state index contributed by atoms with van der Waals surface area (Å²) in [6.45, 7) is 2.59. The molecular formula is C31H39NO6S. The van der Waals surface area contributed by atoms with Crippen molar-refractivity contribution in [1.82, 2.24) is 0 Å². The lowest BCUT2D eigenvalue weighted by atomic mass is 9.84. The predicted molar refractivity (Wildman–Crippen MR) is 151 cm³/mol. The number of aryl methyl sites for hydroxylation is 1. The summed E-state index contributed by atoms with van der Waals surface area (Å²) in [6, 6.07) is 8.11. The van der Waals surface area contributed by atoms with Crippen LogP contribution in [0.2, 0.25) is 0 Å². The standard InChI is InChI=1S/C31H39NO6S/c1-19-26(32(39(2,35)36)23-8-4-3-5-9-23)18-25(20-10-11-20)29(28(19)30(31(33)34)38-24-13-14-24)22-12-15-27-21(17-22)7-6-16-37-27/h12,15,17-18,20,23-24,30H,3-11,13-14,16H2,1-2H3,(H,33,34). The van der Waals surface area contributed by atoms with Crippen molar-refractivity contribution in [3.63, 3.8) is 0 Å². The normalized spacial score (nSPS) is 20.7. The topological polar surface area (TPSA) is 93.1 Å². The number of fused-ring (bicyclic) bond motifs is 1. The smallest absolute Gasteiger partial charge is 0.337 e. The van der Waals surface area contributed by atoms with E-state index in [0.717, 1.165) is 98.6 Å². The minimum Gasteiger partial charge on any atom is -0.493 e. The van der Waals surface area contributed by atoms with Crippen LogP contribution in [0.25, 0.3) is 11.1 Å². The van der Waals surface area contributed by atoms with Crippen LogP contribution in [0.1, 0.15) is 98.5 Å². The van der Waals surface area contributed by atoms with Crippen molar-refractivity contribution >= 4 is 21.7 Å². The van der Waals surface area contributed by atoms with E-state index in [2.05, 4.69) is 12.1 Å². The molecule has 3 fully saturated rings. The highest BCUT2D eigenvalue weighted by Crippen LogP contribution is 2.52. The molecule has 0 radical (unpaired) electrons. The number of carbonyl (C=O) groups is 1. The molecule has 210 valence electrons. The van der Waals surface area contributed by atoms with E-state index in [-0.39, 0.29) is 18.1 Å². The largest absolute Gasteiger partial charge is 0.493 e. The van der Waals surface area contributed by atoms with Crippen LogP contribution in [-0.4, -0.2) is 44.5 Å². The summed E-state index contributed by atoms with van der Waals surface area (Å²) >= 11 is 0. The van der Waals surface area contributed by atoms with Crippen LogP contribution in [0.5, 0.6) is 5.75 Å². The minimum absolute atomic E-state index is 0.0762. The fourth-order valence-electron chi connectivity index (χ4n) is 6.53. The summed E-state index contributed by atoms with van der Waals surface area (Å²) in [7, 11) is -3.60. The SMILES string of the molecule is Cc1c(N(C2CCCCC2)S(C)(=O)=O)cc(C2CC2)c(-c2ccc3c(c2)CCCO3)c1C(OC1CC1)C(=O)O. The highest BCUT2D eigenvalue weighted by molar-refractivity contribution is 7.92. The van der Waals surface area contributed by atoms with Gasteiger partial charge in [-0.15, -0.1) is 0 Å². The molecule has 1 N–H and O–H groups in total. The van der Waals surface area contributed by atoms with Crippen molar-refractivity contribution in [3.8, 4) is 16.9 Å². The first kappa shape index (κ1) is 26.6. The first-order valence-electron chi connectivity index (χ1n) is 14.5. The van der Waals surface area contributed by atoms with E-state index in [1.54, 1.807) is 4.31 Å². The van der Waals surface area contributed by atoms with Gasteiger partial charge in [0.1, 0.15) is 5.75 Å². The Labute approximate surface area is 231 Å². The Kier molecular flexibility index (Phi) is 7.12. The summed E-state index contributed by atoms with van der Waals surface area (Å²) < 4.78 is 40.4. The van der Waals surface area contributed by atoms with Gasteiger partial charge in [0.15, 0.2) is 6.10 Å². The number of benzene rings is 2. The molecular weight excluding hydrogens is 514 g/mol. The number of hydrogen-bond acceptors (Lipinski definition) is 5. The van der Waals surface area contributed by atoms with Gasteiger partial charge in [-0.05, 0) is 110 Å². The summed E-state index contributed by atoms with van der Waals surface area (Å²) in [5.74, 6) is 0.126. The van der Waals surface area contributed by atoms with Gasteiger partial charge in [0.25, 0.3) is 0 Å². The van der Waals surface area contributed by atoms with Crippen LogP contribution < -0.4 is 9.04 Å². The number of carboxylic acid groups (broad SMARTS) is 1. The Hall–Kier alpha value is -2.58. The Balaban J connectivity index is 1.60. The third-order valence-corrected chi connectivity index (χ3v) is 9.90. The number of nitrogens with zero attached hydrogens (tertiary/aromatic N) is 1. The Bertz CT molecular complexity index is 1370. The minimum atomic E-state index is -3.60. The van der Waals surface area contributed by atoms with Gasteiger partial charge < -0.3 is 14.6 Å². The molecule has 3 aliphatic carbocycles. The second-order valence-corrected chi connectivity index (χ2v) is 13.7. The van der Waals surface area contributed by atoms with Crippen LogP contribution >= 0.6 is 0 Å². The van der Waals surface area contributed by atoms with Crippen LogP contribution in [0, 0.1) is 6.92 Å². The van der Waals surface area contributed by atoms with E-state index in [4.69, 9.17) is 9.47 Å². The Morgan fingerprint density at radius 3 is 2.44 bits per heavy atom. The zero-order chi connectivity index (χ0) is 27.3. The number of rotatable bonds is 9. The molecule has 7 nitrogen and oxygen atoms in total. The predicted octanol–water partition coefficient (Wildman–Crippen LogP) is 6.27. The first-order valence-corrected chi connectivity index (χ1v) is 16.4. The van der Waals surface area contributed by atoms with Crippen molar-refractivity contribution in [2.45, 2.75) is 102 Å². The maximum atomic E-state index is 13.4. The van der Waals surface area contributed by atoms with Gasteiger partial charge in [-0.2, -0.15) is 0 Å². The van der Waals surface area contributed by atoms with Crippen molar-refractivity contribution in [2.75, 3.05) is 17.2 Å². The quantitative estimate of drug-likeness (QED) is 0.394. The maximum Gasteiger partial charge on any atom is 0.337 e. The lowest BCUT2D eigenvalue weighted by Crippen LogP contribution is -2.41. The Morgan fingerprint density at radius 1 is 1.05 bits per heavy atom. The van der Waals surface area contributed by atoms with Crippen LogP contribution in [0.4, 0.5) is 5.69 Å². The van der Waals surface area contributed by atoms with E-state index in [1.165, 1.54) is 6.26 Å².